The first-order valence-corrected chi connectivity index (χ1v) is 8.51. The Morgan fingerprint density at radius 1 is 0.889 bits per heavy atom. The highest BCUT2D eigenvalue weighted by Crippen LogP contribution is 2.29. The Hall–Kier alpha value is -2.61. The van der Waals surface area contributed by atoms with E-state index < -0.39 is 11.7 Å². The van der Waals surface area contributed by atoms with Crippen molar-refractivity contribution in [1.29, 1.82) is 0 Å². The van der Waals surface area contributed by atoms with Crippen LogP contribution in [-0.2, 0) is 6.18 Å². The molecule has 0 saturated carbocycles. The van der Waals surface area contributed by atoms with Gasteiger partial charge in [0.25, 0.3) is 11.8 Å². The summed E-state index contributed by atoms with van der Waals surface area (Å²) in [6, 6.07) is 7.15. The number of hydrogen-bond acceptors (Lipinski definition) is 3. The van der Waals surface area contributed by atoms with Crippen molar-refractivity contribution in [3.8, 4) is 0 Å². The lowest BCUT2D eigenvalue weighted by Crippen LogP contribution is -2.50. The Bertz CT molecular complexity index is 848. The first kappa shape index (κ1) is 19.2. The molecule has 3 rings (SSSR count). The molecule has 2 heterocycles. The quantitative estimate of drug-likeness (QED) is 0.730. The monoisotopic (exact) mass is 397 g/mol. The minimum Gasteiger partial charge on any atom is -0.335 e. The van der Waals surface area contributed by atoms with Crippen molar-refractivity contribution in [3.05, 3.63) is 64.4 Å². The summed E-state index contributed by atoms with van der Waals surface area (Å²) in [7, 11) is 0. The molecule has 1 aliphatic rings. The molecule has 2 aromatic rings. The molecule has 142 valence electrons. The molecular weight excluding hydrogens is 383 g/mol. The Labute approximate surface area is 158 Å². The minimum atomic E-state index is -4.44. The standard InChI is InChI=1S/C18H15ClF3N3O2/c19-15-11-13(5-6-23-15)17(27)25-9-7-24(8-10-25)16(26)12-1-3-14(4-2-12)18(20,21)22/h1-6,11H,7-10H2. The molecule has 0 unspecified atom stereocenters. The molecule has 1 aromatic heterocycles. The molecule has 0 spiro atoms. The molecule has 0 N–H and O–H groups in total. The van der Waals surface area contributed by atoms with Crippen LogP contribution in [0, 0.1) is 0 Å². The van der Waals surface area contributed by atoms with Crippen LogP contribution in [0.25, 0.3) is 0 Å². The predicted octanol–water partition coefficient (Wildman–Crippen LogP) is 3.35. The molecule has 5 nitrogen and oxygen atoms in total. The fourth-order valence-corrected chi connectivity index (χ4v) is 2.99. The number of amides is 2. The van der Waals surface area contributed by atoms with Crippen LogP contribution in [-0.4, -0.2) is 52.8 Å². The summed E-state index contributed by atoms with van der Waals surface area (Å²) in [5, 5.41) is 0.219. The highest BCUT2D eigenvalue weighted by molar-refractivity contribution is 6.29. The average molecular weight is 398 g/mol. The third-order valence-corrected chi connectivity index (χ3v) is 4.49. The lowest BCUT2D eigenvalue weighted by Gasteiger charge is -2.35. The Kier molecular flexibility index (Phi) is 5.36. The number of pyridine rings is 1. The van der Waals surface area contributed by atoms with Gasteiger partial charge in [0.15, 0.2) is 0 Å². The number of nitrogens with zero attached hydrogens (tertiary/aromatic N) is 3. The van der Waals surface area contributed by atoms with Crippen molar-refractivity contribution in [1.82, 2.24) is 14.8 Å². The van der Waals surface area contributed by atoms with Gasteiger partial charge in [0, 0.05) is 43.5 Å². The minimum absolute atomic E-state index is 0.184. The van der Waals surface area contributed by atoms with Gasteiger partial charge >= 0.3 is 6.18 Å². The Morgan fingerprint density at radius 2 is 1.41 bits per heavy atom. The van der Waals surface area contributed by atoms with Crippen molar-refractivity contribution in [2.24, 2.45) is 0 Å². The number of aromatic nitrogens is 1. The van der Waals surface area contributed by atoms with E-state index in [2.05, 4.69) is 4.98 Å². The SMILES string of the molecule is O=C(c1ccc(C(F)(F)F)cc1)N1CCN(C(=O)c2ccnc(Cl)c2)CC1. The van der Waals surface area contributed by atoms with E-state index >= 15 is 0 Å². The van der Waals surface area contributed by atoms with Crippen LogP contribution in [0.4, 0.5) is 13.2 Å². The molecule has 0 bridgehead atoms. The summed E-state index contributed by atoms with van der Waals surface area (Å²) in [6.07, 6.45) is -3.00. The summed E-state index contributed by atoms with van der Waals surface area (Å²) in [5.41, 5.74) is -0.202. The number of carbonyl (C=O) groups is 2. The molecule has 27 heavy (non-hydrogen) atoms. The molecule has 1 aromatic carbocycles. The second-order valence-electron chi connectivity index (χ2n) is 6.03. The lowest BCUT2D eigenvalue weighted by atomic mass is 10.1. The number of carbonyl (C=O) groups excluding carboxylic acids is 2. The van der Waals surface area contributed by atoms with Crippen LogP contribution in [0.1, 0.15) is 26.3 Å². The first-order chi connectivity index (χ1) is 12.8. The van der Waals surface area contributed by atoms with Crippen LogP contribution >= 0.6 is 11.6 Å². The van der Waals surface area contributed by atoms with E-state index in [1.165, 1.54) is 29.3 Å². The Morgan fingerprint density at radius 3 is 1.89 bits per heavy atom. The topological polar surface area (TPSA) is 53.5 Å². The van der Waals surface area contributed by atoms with Gasteiger partial charge in [-0.25, -0.2) is 4.98 Å². The molecule has 0 radical (unpaired) electrons. The Balaban J connectivity index is 1.61. The van der Waals surface area contributed by atoms with Crippen LogP contribution < -0.4 is 0 Å². The van der Waals surface area contributed by atoms with Gasteiger partial charge in [0.1, 0.15) is 5.15 Å². The van der Waals surface area contributed by atoms with Crippen LogP contribution in [0.2, 0.25) is 5.15 Å². The number of piperazine rings is 1. The first-order valence-electron chi connectivity index (χ1n) is 8.13. The molecule has 0 atom stereocenters. The van der Waals surface area contributed by atoms with Crippen molar-refractivity contribution < 1.29 is 22.8 Å². The number of rotatable bonds is 2. The van der Waals surface area contributed by atoms with Gasteiger partial charge in [0.2, 0.25) is 0 Å². The van der Waals surface area contributed by atoms with Gasteiger partial charge in [-0.15, -0.1) is 0 Å². The van der Waals surface area contributed by atoms with E-state index in [1.54, 1.807) is 11.0 Å². The summed E-state index contributed by atoms with van der Waals surface area (Å²) >= 11 is 5.79. The number of benzene rings is 1. The number of halogens is 4. The van der Waals surface area contributed by atoms with Crippen molar-refractivity contribution in [3.63, 3.8) is 0 Å². The largest absolute Gasteiger partial charge is 0.416 e. The van der Waals surface area contributed by atoms with E-state index in [0.717, 1.165) is 12.1 Å². The second kappa shape index (κ2) is 7.56. The van der Waals surface area contributed by atoms with E-state index in [0.29, 0.717) is 31.7 Å². The average Bonchev–Trinajstić information content (AvgIpc) is 2.66. The zero-order valence-electron chi connectivity index (χ0n) is 14.0. The zero-order valence-corrected chi connectivity index (χ0v) is 14.8. The van der Waals surface area contributed by atoms with E-state index in [4.69, 9.17) is 11.6 Å². The molecule has 2 amide bonds. The highest BCUT2D eigenvalue weighted by Gasteiger charge is 2.31. The summed E-state index contributed by atoms with van der Waals surface area (Å²) < 4.78 is 37.8. The number of hydrogen-bond donors (Lipinski definition) is 0. The van der Waals surface area contributed by atoms with E-state index in [9.17, 15) is 22.8 Å². The molecule has 1 fully saturated rings. The summed E-state index contributed by atoms with van der Waals surface area (Å²) in [4.78, 5) is 31.9. The van der Waals surface area contributed by atoms with Gasteiger partial charge < -0.3 is 9.80 Å². The smallest absolute Gasteiger partial charge is 0.335 e. The van der Waals surface area contributed by atoms with Crippen molar-refractivity contribution >= 4 is 23.4 Å². The summed E-state index contributed by atoms with van der Waals surface area (Å²) in [6.45, 7) is 1.24. The van der Waals surface area contributed by atoms with Crippen molar-refractivity contribution in [2.45, 2.75) is 6.18 Å². The van der Waals surface area contributed by atoms with Crippen molar-refractivity contribution in [2.75, 3.05) is 26.2 Å². The van der Waals surface area contributed by atoms with Gasteiger partial charge in [-0.1, -0.05) is 11.6 Å². The molecule has 9 heteroatoms. The second-order valence-corrected chi connectivity index (χ2v) is 6.41. The molecule has 1 saturated heterocycles. The van der Waals surface area contributed by atoms with E-state index in [1.807, 2.05) is 0 Å². The van der Waals surface area contributed by atoms with E-state index in [-0.39, 0.29) is 22.5 Å². The third-order valence-electron chi connectivity index (χ3n) is 4.29. The lowest BCUT2D eigenvalue weighted by molar-refractivity contribution is -0.137. The fourth-order valence-electron chi connectivity index (χ4n) is 2.82. The van der Waals surface area contributed by atoms with Crippen LogP contribution in [0.15, 0.2) is 42.6 Å². The van der Waals surface area contributed by atoms with Gasteiger partial charge in [-0.3, -0.25) is 9.59 Å². The number of alkyl halides is 3. The van der Waals surface area contributed by atoms with Crippen LogP contribution in [0.5, 0.6) is 0 Å². The van der Waals surface area contributed by atoms with Gasteiger partial charge in [0.05, 0.1) is 5.56 Å². The zero-order chi connectivity index (χ0) is 19.6. The molecule has 0 aliphatic carbocycles. The maximum Gasteiger partial charge on any atom is 0.416 e. The molecular formula is C18H15ClF3N3O2. The maximum atomic E-state index is 12.6. The maximum absolute atomic E-state index is 12.6. The third kappa shape index (κ3) is 4.39. The normalized spacial score (nSPS) is 15.0. The highest BCUT2D eigenvalue weighted by atomic mass is 35.5. The fraction of sp³-hybridized carbons (Fsp3) is 0.278. The molecule has 1 aliphatic heterocycles. The van der Waals surface area contributed by atoms with Gasteiger partial charge in [-0.05, 0) is 36.4 Å². The predicted molar refractivity (Wildman–Crippen MR) is 92.5 cm³/mol. The van der Waals surface area contributed by atoms with Crippen LogP contribution in [0.3, 0.4) is 0 Å². The van der Waals surface area contributed by atoms with Gasteiger partial charge in [-0.2, -0.15) is 13.2 Å². The summed E-state index contributed by atoms with van der Waals surface area (Å²) in [5.74, 6) is -0.566.